The van der Waals surface area contributed by atoms with Crippen LogP contribution in [0.5, 0.6) is 0 Å². The summed E-state index contributed by atoms with van der Waals surface area (Å²) in [5, 5.41) is 5.88. The lowest BCUT2D eigenvalue weighted by atomic mass is 10.2. The number of aromatic nitrogens is 1. The molecule has 2 N–H and O–H groups in total. The van der Waals surface area contributed by atoms with E-state index in [2.05, 4.69) is 15.6 Å². The van der Waals surface area contributed by atoms with Crippen LogP contribution in [0.15, 0.2) is 42.6 Å². The first-order valence-corrected chi connectivity index (χ1v) is 6.88. The van der Waals surface area contributed by atoms with E-state index in [4.69, 9.17) is 0 Å². The molecule has 5 heteroatoms. The van der Waals surface area contributed by atoms with Crippen molar-refractivity contribution < 1.29 is 9.18 Å². The van der Waals surface area contributed by atoms with Crippen molar-refractivity contribution >= 4 is 17.3 Å². The maximum atomic E-state index is 13.1. The van der Waals surface area contributed by atoms with Gasteiger partial charge in [-0.25, -0.2) is 9.37 Å². The molecule has 1 unspecified atom stereocenters. The number of pyridine rings is 1. The molecule has 0 bridgehead atoms. The summed E-state index contributed by atoms with van der Waals surface area (Å²) < 4.78 is 13.1. The van der Waals surface area contributed by atoms with Gasteiger partial charge < -0.3 is 10.6 Å². The van der Waals surface area contributed by atoms with Gasteiger partial charge in [0.1, 0.15) is 11.5 Å². The quantitative estimate of drug-likeness (QED) is 0.885. The Morgan fingerprint density at radius 2 is 2.10 bits per heavy atom. The molecule has 0 saturated heterocycles. The van der Waals surface area contributed by atoms with E-state index in [0.717, 1.165) is 6.42 Å². The van der Waals surface area contributed by atoms with Crippen molar-refractivity contribution in [3.63, 3.8) is 0 Å². The van der Waals surface area contributed by atoms with Crippen molar-refractivity contribution in [1.82, 2.24) is 10.3 Å². The monoisotopic (exact) mass is 287 g/mol. The highest BCUT2D eigenvalue weighted by molar-refractivity contribution is 5.92. The summed E-state index contributed by atoms with van der Waals surface area (Å²) in [7, 11) is 0. The average molecular weight is 287 g/mol. The highest BCUT2D eigenvalue weighted by Gasteiger charge is 2.09. The molecular formula is C16H18FN3O. The number of halogens is 1. The number of nitrogens with one attached hydrogen (secondary N) is 2. The van der Waals surface area contributed by atoms with Crippen LogP contribution >= 0.6 is 0 Å². The fraction of sp³-hybridized carbons (Fsp3) is 0.250. The molecule has 1 aromatic carbocycles. The fourth-order valence-electron chi connectivity index (χ4n) is 1.73. The molecule has 0 aliphatic heterocycles. The predicted molar refractivity (Wildman–Crippen MR) is 81.1 cm³/mol. The molecule has 0 aliphatic rings. The van der Waals surface area contributed by atoms with Gasteiger partial charge in [0.15, 0.2) is 0 Å². The molecule has 1 atom stereocenters. The van der Waals surface area contributed by atoms with Crippen molar-refractivity contribution in [2.24, 2.45) is 0 Å². The van der Waals surface area contributed by atoms with E-state index in [1.54, 1.807) is 30.5 Å². The third-order valence-electron chi connectivity index (χ3n) is 3.10. The lowest BCUT2D eigenvalue weighted by Crippen LogP contribution is -2.32. The second-order valence-electron chi connectivity index (χ2n) is 4.85. The van der Waals surface area contributed by atoms with Crippen molar-refractivity contribution in [2.45, 2.75) is 26.3 Å². The number of anilines is 2. The molecule has 21 heavy (non-hydrogen) atoms. The number of hydrogen-bond acceptors (Lipinski definition) is 3. The van der Waals surface area contributed by atoms with Crippen LogP contribution in [0.1, 0.15) is 30.8 Å². The van der Waals surface area contributed by atoms with Crippen molar-refractivity contribution in [1.29, 1.82) is 0 Å². The second kappa shape index (κ2) is 6.83. The summed E-state index contributed by atoms with van der Waals surface area (Å²) >= 11 is 0. The highest BCUT2D eigenvalue weighted by atomic mass is 19.1. The number of nitrogens with zero attached hydrogens (tertiary/aromatic N) is 1. The van der Waals surface area contributed by atoms with Crippen LogP contribution in [0.2, 0.25) is 0 Å². The molecular weight excluding hydrogens is 269 g/mol. The van der Waals surface area contributed by atoms with Crippen molar-refractivity contribution in [3.8, 4) is 0 Å². The summed E-state index contributed by atoms with van der Waals surface area (Å²) in [4.78, 5) is 16.0. The summed E-state index contributed by atoms with van der Waals surface area (Å²) in [5.74, 6) is -0.501. The summed E-state index contributed by atoms with van der Waals surface area (Å²) in [6, 6.07) is 9.65. The molecule has 110 valence electrons. The minimum Gasteiger partial charge on any atom is -0.354 e. The van der Waals surface area contributed by atoms with E-state index < -0.39 is 0 Å². The smallest absolute Gasteiger partial charge is 0.270 e. The van der Waals surface area contributed by atoms with Crippen LogP contribution in [0.4, 0.5) is 15.8 Å². The van der Waals surface area contributed by atoms with Gasteiger partial charge in [0.25, 0.3) is 5.91 Å². The lowest BCUT2D eigenvalue weighted by Gasteiger charge is -2.11. The van der Waals surface area contributed by atoms with E-state index in [1.807, 2.05) is 13.8 Å². The highest BCUT2D eigenvalue weighted by Crippen LogP contribution is 2.16. The van der Waals surface area contributed by atoms with Gasteiger partial charge in [-0.05, 0) is 43.7 Å². The van der Waals surface area contributed by atoms with Gasteiger partial charge in [-0.15, -0.1) is 0 Å². The van der Waals surface area contributed by atoms with Crippen LogP contribution < -0.4 is 10.6 Å². The molecule has 2 rings (SSSR count). The Labute approximate surface area is 123 Å². The standard InChI is InChI=1S/C16H18FN3O/c1-3-11(2)19-16(21)15-8-7-14(10-18-15)20-13-6-4-5-12(17)9-13/h4-11,20H,3H2,1-2H3,(H,19,21). The Kier molecular flexibility index (Phi) is 4.87. The van der Waals surface area contributed by atoms with Crippen molar-refractivity contribution in [2.75, 3.05) is 5.32 Å². The SMILES string of the molecule is CCC(C)NC(=O)c1ccc(Nc2cccc(F)c2)cn1. The van der Waals surface area contributed by atoms with Gasteiger partial charge >= 0.3 is 0 Å². The van der Waals surface area contributed by atoms with E-state index in [9.17, 15) is 9.18 Å². The second-order valence-corrected chi connectivity index (χ2v) is 4.85. The van der Waals surface area contributed by atoms with Gasteiger partial charge in [-0.1, -0.05) is 13.0 Å². The minimum absolute atomic E-state index is 0.115. The molecule has 1 heterocycles. The van der Waals surface area contributed by atoms with Gasteiger partial charge in [-0.3, -0.25) is 4.79 Å². The summed E-state index contributed by atoms with van der Waals surface area (Å²) in [6.45, 7) is 3.95. The largest absolute Gasteiger partial charge is 0.354 e. The van der Waals surface area contributed by atoms with Gasteiger partial charge in [0.2, 0.25) is 0 Å². The Morgan fingerprint density at radius 1 is 1.29 bits per heavy atom. The molecule has 0 aliphatic carbocycles. The van der Waals surface area contributed by atoms with E-state index in [1.165, 1.54) is 12.1 Å². The van der Waals surface area contributed by atoms with Gasteiger partial charge in [-0.2, -0.15) is 0 Å². The number of rotatable bonds is 5. The number of benzene rings is 1. The van der Waals surface area contributed by atoms with Gasteiger partial charge in [0.05, 0.1) is 11.9 Å². The molecule has 1 aromatic heterocycles. The first kappa shape index (κ1) is 15.0. The number of amides is 1. The van der Waals surface area contributed by atoms with E-state index in [-0.39, 0.29) is 17.8 Å². The molecule has 2 aromatic rings. The van der Waals surface area contributed by atoms with Crippen LogP contribution in [-0.4, -0.2) is 16.9 Å². The Balaban J connectivity index is 2.03. The zero-order valence-corrected chi connectivity index (χ0v) is 12.1. The van der Waals surface area contributed by atoms with Crippen LogP contribution in [0.25, 0.3) is 0 Å². The fourth-order valence-corrected chi connectivity index (χ4v) is 1.73. The van der Waals surface area contributed by atoms with E-state index >= 15 is 0 Å². The van der Waals surface area contributed by atoms with Gasteiger partial charge in [0, 0.05) is 11.7 Å². The zero-order valence-electron chi connectivity index (χ0n) is 12.1. The maximum absolute atomic E-state index is 13.1. The van der Waals surface area contributed by atoms with E-state index in [0.29, 0.717) is 17.1 Å². The molecule has 0 spiro atoms. The number of carbonyl (C=O) groups is 1. The average Bonchev–Trinajstić information content (AvgIpc) is 2.47. The van der Waals surface area contributed by atoms with Crippen molar-refractivity contribution in [3.05, 3.63) is 54.1 Å². The number of carbonyl (C=O) groups excluding carboxylic acids is 1. The maximum Gasteiger partial charge on any atom is 0.270 e. The summed E-state index contributed by atoms with van der Waals surface area (Å²) in [6.07, 6.45) is 2.42. The van der Waals surface area contributed by atoms with Crippen LogP contribution in [0.3, 0.4) is 0 Å². The molecule has 0 fully saturated rings. The molecule has 1 amide bonds. The van der Waals surface area contributed by atoms with Crippen LogP contribution in [-0.2, 0) is 0 Å². The Morgan fingerprint density at radius 3 is 2.71 bits per heavy atom. The Hall–Kier alpha value is -2.43. The molecule has 0 saturated carbocycles. The third-order valence-corrected chi connectivity index (χ3v) is 3.10. The first-order chi connectivity index (χ1) is 10.1. The third kappa shape index (κ3) is 4.27. The zero-order chi connectivity index (χ0) is 15.2. The van der Waals surface area contributed by atoms with Crippen LogP contribution in [0, 0.1) is 5.82 Å². The Bertz CT molecular complexity index is 613. The minimum atomic E-state index is -0.308. The molecule has 4 nitrogen and oxygen atoms in total. The first-order valence-electron chi connectivity index (χ1n) is 6.88. The summed E-state index contributed by atoms with van der Waals surface area (Å²) in [5.41, 5.74) is 1.69. The molecule has 0 radical (unpaired) electrons. The lowest BCUT2D eigenvalue weighted by molar-refractivity contribution is 0.0934. The predicted octanol–water partition coefficient (Wildman–Crippen LogP) is 3.49. The number of hydrogen-bond donors (Lipinski definition) is 2. The normalized spacial score (nSPS) is 11.8. The topological polar surface area (TPSA) is 54.0 Å².